The minimum atomic E-state index is 0.0408. The fourth-order valence-electron chi connectivity index (χ4n) is 1.45. The van der Waals surface area contributed by atoms with Gasteiger partial charge in [-0.3, -0.25) is 4.98 Å². The first kappa shape index (κ1) is 13.1. The van der Waals surface area contributed by atoms with E-state index in [2.05, 4.69) is 43.8 Å². The van der Waals surface area contributed by atoms with Crippen molar-refractivity contribution in [3.8, 4) is 0 Å². The summed E-state index contributed by atoms with van der Waals surface area (Å²) in [5.74, 6) is 0. The third-order valence-electron chi connectivity index (χ3n) is 2.31. The summed E-state index contributed by atoms with van der Waals surface area (Å²) in [6.45, 7) is 2.19. The molecule has 15 heavy (non-hydrogen) atoms. The molecule has 0 aromatic carbocycles. The molecule has 1 unspecified atom stereocenters. The molecule has 0 aliphatic carbocycles. The van der Waals surface area contributed by atoms with Crippen LogP contribution in [-0.2, 0) is 0 Å². The topological polar surface area (TPSA) is 38.9 Å². The van der Waals surface area contributed by atoms with Crippen molar-refractivity contribution in [2.75, 3.05) is 0 Å². The Kier molecular flexibility index (Phi) is 5.79. The molecule has 4 heteroatoms. The largest absolute Gasteiger partial charge is 0.323 e. The molecule has 1 heterocycles. The van der Waals surface area contributed by atoms with Gasteiger partial charge in [0.1, 0.15) is 0 Å². The van der Waals surface area contributed by atoms with Crippen LogP contribution in [0.3, 0.4) is 0 Å². The van der Waals surface area contributed by atoms with Gasteiger partial charge in [0.05, 0.1) is 5.69 Å². The van der Waals surface area contributed by atoms with Gasteiger partial charge in [-0.05, 0) is 44.3 Å². The molecule has 0 saturated carbocycles. The van der Waals surface area contributed by atoms with Crippen LogP contribution in [-0.4, -0.2) is 4.98 Å². The maximum absolute atomic E-state index is 6.08. The third kappa shape index (κ3) is 4.21. The fraction of sp³-hybridized carbons (Fsp3) is 0.545. The average Bonchev–Trinajstić information content (AvgIpc) is 2.17. The Labute approximate surface area is 108 Å². The van der Waals surface area contributed by atoms with Gasteiger partial charge < -0.3 is 5.73 Å². The molecule has 1 rings (SSSR count). The van der Waals surface area contributed by atoms with E-state index in [-0.39, 0.29) is 6.04 Å². The zero-order valence-electron chi connectivity index (χ0n) is 8.84. The summed E-state index contributed by atoms with van der Waals surface area (Å²) in [6.07, 6.45) is 6.42. The minimum absolute atomic E-state index is 0.0408. The van der Waals surface area contributed by atoms with Crippen LogP contribution in [0.25, 0.3) is 0 Å². The van der Waals surface area contributed by atoms with Crippen molar-refractivity contribution in [2.24, 2.45) is 5.73 Å². The average molecular weight is 336 g/mol. The second kappa shape index (κ2) is 6.61. The molecule has 0 radical (unpaired) electrons. The second-order valence-corrected chi connectivity index (χ2v) is 5.39. The maximum Gasteiger partial charge on any atom is 0.0713 e. The van der Waals surface area contributed by atoms with Gasteiger partial charge in [-0.15, -0.1) is 0 Å². The molecule has 1 aromatic heterocycles. The lowest BCUT2D eigenvalue weighted by Crippen LogP contribution is -2.12. The van der Waals surface area contributed by atoms with E-state index in [4.69, 9.17) is 5.73 Å². The summed E-state index contributed by atoms with van der Waals surface area (Å²) < 4.78 is 1.96. The maximum atomic E-state index is 6.08. The quantitative estimate of drug-likeness (QED) is 0.819. The number of hydrogen-bond donors (Lipinski definition) is 1. The van der Waals surface area contributed by atoms with Crippen molar-refractivity contribution in [1.29, 1.82) is 0 Å². The molecule has 0 aliphatic heterocycles. The van der Waals surface area contributed by atoms with E-state index in [0.717, 1.165) is 21.1 Å². The van der Waals surface area contributed by atoms with Gasteiger partial charge in [-0.2, -0.15) is 0 Å². The Balaban J connectivity index is 2.61. The number of nitrogens with zero attached hydrogens (tertiary/aromatic N) is 1. The smallest absolute Gasteiger partial charge is 0.0713 e. The molecule has 1 atom stereocenters. The monoisotopic (exact) mass is 334 g/mol. The van der Waals surface area contributed by atoms with Gasteiger partial charge in [-0.25, -0.2) is 0 Å². The highest BCUT2D eigenvalue weighted by atomic mass is 79.9. The standard InChI is InChI=1S/C11H16Br2N2/c1-2-3-4-5-10(14)11-9(13)6-8(12)7-15-11/h6-7,10H,2-5,14H2,1H3. The van der Waals surface area contributed by atoms with Crippen molar-refractivity contribution in [1.82, 2.24) is 4.98 Å². The molecular formula is C11H16Br2N2. The van der Waals surface area contributed by atoms with Gasteiger partial charge >= 0.3 is 0 Å². The Morgan fingerprint density at radius 1 is 1.40 bits per heavy atom. The van der Waals surface area contributed by atoms with Crippen LogP contribution < -0.4 is 5.73 Å². The molecule has 0 bridgehead atoms. The predicted molar refractivity (Wildman–Crippen MR) is 70.7 cm³/mol. The molecule has 2 N–H and O–H groups in total. The highest BCUT2D eigenvalue weighted by Crippen LogP contribution is 2.25. The summed E-state index contributed by atoms with van der Waals surface area (Å²) in [6, 6.07) is 2.03. The fourth-order valence-corrected chi connectivity index (χ4v) is 2.73. The number of pyridine rings is 1. The highest BCUT2D eigenvalue weighted by molar-refractivity contribution is 9.11. The Hall–Kier alpha value is 0.0700. The zero-order valence-corrected chi connectivity index (χ0v) is 12.0. The van der Waals surface area contributed by atoms with E-state index in [1.165, 1.54) is 19.3 Å². The Morgan fingerprint density at radius 3 is 2.73 bits per heavy atom. The number of rotatable bonds is 5. The van der Waals surface area contributed by atoms with Crippen LogP contribution in [0, 0.1) is 0 Å². The molecule has 0 spiro atoms. The second-order valence-electron chi connectivity index (χ2n) is 3.62. The SMILES string of the molecule is CCCCCC(N)c1ncc(Br)cc1Br. The van der Waals surface area contributed by atoms with Gasteiger partial charge in [-0.1, -0.05) is 26.2 Å². The van der Waals surface area contributed by atoms with Crippen LogP contribution in [0.2, 0.25) is 0 Å². The van der Waals surface area contributed by atoms with E-state index >= 15 is 0 Å². The highest BCUT2D eigenvalue weighted by Gasteiger charge is 2.11. The molecule has 2 nitrogen and oxygen atoms in total. The van der Waals surface area contributed by atoms with Crippen molar-refractivity contribution >= 4 is 31.9 Å². The first-order valence-electron chi connectivity index (χ1n) is 5.21. The van der Waals surface area contributed by atoms with Crippen molar-refractivity contribution in [3.63, 3.8) is 0 Å². The Bertz CT molecular complexity index is 315. The number of unbranched alkanes of at least 4 members (excludes halogenated alkanes) is 2. The molecule has 84 valence electrons. The van der Waals surface area contributed by atoms with Gasteiger partial charge in [0.25, 0.3) is 0 Å². The summed E-state index contributed by atoms with van der Waals surface area (Å²) >= 11 is 6.86. The summed E-state index contributed by atoms with van der Waals surface area (Å²) in [5, 5.41) is 0. The Morgan fingerprint density at radius 2 is 2.13 bits per heavy atom. The normalized spacial score (nSPS) is 12.8. The predicted octanol–water partition coefficient (Wildman–Crippen LogP) is 4.19. The first-order chi connectivity index (χ1) is 7.15. The van der Waals surface area contributed by atoms with Crippen LogP contribution in [0.5, 0.6) is 0 Å². The number of aromatic nitrogens is 1. The van der Waals surface area contributed by atoms with Gasteiger partial charge in [0.15, 0.2) is 0 Å². The van der Waals surface area contributed by atoms with E-state index in [1.807, 2.05) is 6.07 Å². The number of hydrogen-bond acceptors (Lipinski definition) is 2. The van der Waals surface area contributed by atoms with Crippen molar-refractivity contribution in [2.45, 2.75) is 38.6 Å². The minimum Gasteiger partial charge on any atom is -0.323 e. The van der Waals surface area contributed by atoms with Crippen molar-refractivity contribution in [3.05, 3.63) is 26.9 Å². The number of halogens is 2. The summed E-state index contributed by atoms with van der Waals surface area (Å²) in [5.41, 5.74) is 7.03. The molecule has 1 aromatic rings. The number of nitrogens with two attached hydrogens (primary N) is 1. The molecule has 0 fully saturated rings. The van der Waals surface area contributed by atoms with E-state index < -0.39 is 0 Å². The van der Waals surface area contributed by atoms with E-state index in [1.54, 1.807) is 6.20 Å². The van der Waals surface area contributed by atoms with Gasteiger partial charge in [0.2, 0.25) is 0 Å². The van der Waals surface area contributed by atoms with E-state index in [0.29, 0.717) is 0 Å². The van der Waals surface area contributed by atoms with Crippen LogP contribution in [0.15, 0.2) is 21.2 Å². The first-order valence-corrected chi connectivity index (χ1v) is 6.80. The zero-order chi connectivity index (χ0) is 11.3. The van der Waals surface area contributed by atoms with Gasteiger partial charge in [0, 0.05) is 21.2 Å². The van der Waals surface area contributed by atoms with Crippen LogP contribution in [0.1, 0.15) is 44.3 Å². The van der Waals surface area contributed by atoms with Crippen LogP contribution >= 0.6 is 31.9 Å². The van der Waals surface area contributed by atoms with Crippen LogP contribution in [0.4, 0.5) is 0 Å². The lowest BCUT2D eigenvalue weighted by molar-refractivity contribution is 0.569. The molecule has 0 saturated heterocycles. The molecule has 0 aliphatic rings. The van der Waals surface area contributed by atoms with Crippen molar-refractivity contribution < 1.29 is 0 Å². The van der Waals surface area contributed by atoms with E-state index in [9.17, 15) is 0 Å². The third-order valence-corrected chi connectivity index (χ3v) is 3.37. The summed E-state index contributed by atoms with van der Waals surface area (Å²) in [7, 11) is 0. The lowest BCUT2D eigenvalue weighted by Gasteiger charge is -2.12. The lowest BCUT2D eigenvalue weighted by atomic mass is 10.1. The molecule has 0 amide bonds. The molecular weight excluding hydrogens is 320 g/mol. The summed E-state index contributed by atoms with van der Waals surface area (Å²) in [4.78, 5) is 4.34.